The fraction of sp³-hybridized carbons (Fsp3) is 0.300. The maximum Gasteiger partial charge on any atom is 0.325 e. The number of halogens is 1. The van der Waals surface area contributed by atoms with E-state index in [-0.39, 0.29) is 11.4 Å². The van der Waals surface area contributed by atoms with Crippen molar-refractivity contribution >= 4 is 39.0 Å². The highest BCUT2D eigenvalue weighted by Gasteiger charge is 2.28. The summed E-state index contributed by atoms with van der Waals surface area (Å²) in [6.07, 6.45) is 0. The number of nitrogen functional groups attached to an aromatic ring is 1. The number of methoxy groups -OCH3 is 1. The SMILES string of the molecule is COC(=O)C(C)S(=O)(=O)Nc1ccc(Cl)c(N)c1. The highest BCUT2D eigenvalue weighted by Crippen LogP contribution is 2.23. The van der Waals surface area contributed by atoms with Crippen molar-refractivity contribution in [3.05, 3.63) is 23.2 Å². The number of carbonyl (C=O) groups is 1. The fourth-order valence-corrected chi connectivity index (χ4v) is 2.25. The van der Waals surface area contributed by atoms with Gasteiger partial charge in [-0.3, -0.25) is 9.52 Å². The smallest absolute Gasteiger partial charge is 0.325 e. The van der Waals surface area contributed by atoms with Gasteiger partial charge in [0.1, 0.15) is 0 Å². The zero-order valence-corrected chi connectivity index (χ0v) is 11.4. The van der Waals surface area contributed by atoms with Crippen molar-refractivity contribution in [1.29, 1.82) is 0 Å². The average Bonchev–Trinajstić information content (AvgIpc) is 2.31. The van der Waals surface area contributed by atoms with Gasteiger partial charge in [-0.25, -0.2) is 8.42 Å². The first-order valence-corrected chi connectivity index (χ1v) is 6.85. The van der Waals surface area contributed by atoms with Gasteiger partial charge in [-0.1, -0.05) is 11.6 Å². The first-order valence-electron chi connectivity index (χ1n) is 4.92. The quantitative estimate of drug-likeness (QED) is 0.642. The minimum atomic E-state index is -3.88. The van der Waals surface area contributed by atoms with Gasteiger partial charge in [0, 0.05) is 0 Å². The molecule has 0 saturated heterocycles. The van der Waals surface area contributed by atoms with Crippen LogP contribution in [0.3, 0.4) is 0 Å². The van der Waals surface area contributed by atoms with Crippen molar-refractivity contribution in [3.63, 3.8) is 0 Å². The topological polar surface area (TPSA) is 98.5 Å². The van der Waals surface area contributed by atoms with Crippen LogP contribution in [0.25, 0.3) is 0 Å². The molecule has 0 bridgehead atoms. The lowest BCUT2D eigenvalue weighted by molar-refractivity contribution is -0.139. The van der Waals surface area contributed by atoms with Crippen LogP contribution in [-0.2, 0) is 19.6 Å². The van der Waals surface area contributed by atoms with Crippen molar-refractivity contribution in [2.45, 2.75) is 12.2 Å². The Labute approximate surface area is 110 Å². The summed E-state index contributed by atoms with van der Waals surface area (Å²) in [6.45, 7) is 1.23. The Bertz CT molecular complexity index is 559. The third kappa shape index (κ3) is 3.27. The normalized spacial score (nSPS) is 12.8. The zero-order chi connectivity index (χ0) is 13.9. The highest BCUT2D eigenvalue weighted by molar-refractivity contribution is 7.94. The van der Waals surface area contributed by atoms with E-state index in [0.717, 1.165) is 7.11 Å². The number of hydrogen-bond acceptors (Lipinski definition) is 5. The van der Waals surface area contributed by atoms with Gasteiger partial charge >= 0.3 is 5.97 Å². The van der Waals surface area contributed by atoms with Crippen LogP contribution in [0.15, 0.2) is 18.2 Å². The van der Waals surface area contributed by atoms with Crippen molar-refractivity contribution in [2.24, 2.45) is 0 Å². The van der Waals surface area contributed by atoms with Gasteiger partial charge in [-0.15, -0.1) is 0 Å². The Morgan fingerprint density at radius 2 is 2.11 bits per heavy atom. The van der Waals surface area contributed by atoms with E-state index >= 15 is 0 Å². The van der Waals surface area contributed by atoms with Crippen LogP contribution >= 0.6 is 11.6 Å². The molecule has 0 spiro atoms. The predicted molar refractivity (Wildman–Crippen MR) is 69.9 cm³/mol. The summed E-state index contributed by atoms with van der Waals surface area (Å²) in [6, 6.07) is 4.27. The molecule has 0 aliphatic heterocycles. The second-order valence-corrected chi connectivity index (χ2v) is 5.96. The summed E-state index contributed by atoms with van der Waals surface area (Å²) in [4.78, 5) is 11.2. The lowest BCUT2D eigenvalue weighted by Gasteiger charge is -2.13. The van der Waals surface area contributed by atoms with Crippen molar-refractivity contribution < 1.29 is 17.9 Å². The van der Waals surface area contributed by atoms with Crippen LogP contribution in [0.4, 0.5) is 11.4 Å². The van der Waals surface area contributed by atoms with Gasteiger partial charge in [0.25, 0.3) is 0 Å². The minimum Gasteiger partial charge on any atom is -0.468 e. The number of benzene rings is 1. The van der Waals surface area contributed by atoms with Gasteiger partial charge in [-0.2, -0.15) is 0 Å². The molecule has 6 nitrogen and oxygen atoms in total. The lowest BCUT2D eigenvalue weighted by atomic mass is 10.3. The van der Waals surface area contributed by atoms with Gasteiger partial charge in [0.15, 0.2) is 5.25 Å². The summed E-state index contributed by atoms with van der Waals surface area (Å²) in [5.74, 6) is -0.843. The van der Waals surface area contributed by atoms with Crippen molar-refractivity contribution in [2.75, 3.05) is 17.6 Å². The molecule has 0 aliphatic carbocycles. The Morgan fingerprint density at radius 1 is 1.50 bits per heavy atom. The van der Waals surface area contributed by atoms with E-state index in [9.17, 15) is 13.2 Å². The largest absolute Gasteiger partial charge is 0.468 e. The van der Waals surface area contributed by atoms with E-state index in [1.54, 1.807) is 0 Å². The Morgan fingerprint density at radius 3 is 2.61 bits per heavy atom. The number of carbonyl (C=O) groups excluding carboxylic acids is 1. The molecule has 0 radical (unpaired) electrons. The lowest BCUT2D eigenvalue weighted by Crippen LogP contribution is -2.33. The van der Waals surface area contributed by atoms with E-state index in [1.165, 1.54) is 25.1 Å². The van der Waals surface area contributed by atoms with E-state index in [4.69, 9.17) is 17.3 Å². The van der Waals surface area contributed by atoms with Crippen molar-refractivity contribution in [1.82, 2.24) is 0 Å². The zero-order valence-electron chi connectivity index (χ0n) is 9.81. The van der Waals surface area contributed by atoms with E-state index in [0.29, 0.717) is 5.02 Å². The number of nitrogens with one attached hydrogen (secondary N) is 1. The maximum absolute atomic E-state index is 11.8. The molecule has 1 aromatic rings. The summed E-state index contributed by atoms with van der Waals surface area (Å²) in [5.41, 5.74) is 6.01. The van der Waals surface area contributed by atoms with E-state index in [1.807, 2.05) is 0 Å². The molecular weight excluding hydrogens is 280 g/mol. The first kappa shape index (κ1) is 14.6. The van der Waals surface area contributed by atoms with Crippen LogP contribution in [0, 0.1) is 0 Å². The third-order valence-electron chi connectivity index (χ3n) is 2.25. The van der Waals surface area contributed by atoms with E-state index in [2.05, 4.69) is 9.46 Å². The molecule has 1 aromatic carbocycles. The molecule has 8 heteroatoms. The second-order valence-electron chi connectivity index (χ2n) is 3.55. The Hall–Kier alpha value is -1.47. The van der Waals surface area contributed by atoms with Crippen LogP contribution in [0.1, 0.15) is 6.92 Å². The average molecular weight is 293 g/mol. The first-order chi connectivity index (χ1) is 8.27. The molecule has 100 valence electrons. The number of sulfonamides is 1. The van der Waals surface area contributed by atoms with Crippen LogP contribution < -0.4 is 10.5 Å². The van der Waals surface area contributed by atoms with Gasteiger partial charge < -0.3 is 10.5 Å². The van der Waals surface area contributed by atoms with Gasteiger partial charge in [0.05, 0.1) is 23.5 Å². The van der Waals surface area contributed by atoms with Crippen LogP contribution in [0.5, 0.6) is 0 Å². The number of rotatable bonds is 4. The Kier molecular flexibility index (Phi) is 4.42. The standard InChI is InChI=1S/C10H13ClN2O4S/c1-6(10(14)17-2)18(15,16)13-7-3-4-8(11)9(12)5-7/h3-6,13H,12H2,1-2H3. The van der Waals surface area contributed by atoms with Crippen molar-refractivity contribution in [3.8, 4) is 0 Å². The van der Waals surface area contributed by atoms with Gasteiger partial charge in [0.2, 0.25) is 10.0 Å². The maximum atomic E-state index is 11.8. The summed E-state index contributed by atoms with van der Waals surface area (Å²) in [7, 11) is -2.76. The molecule has 1 rings (SSSR count). The number of esters is 1. The van der Waals surface area contributed by atoms with E-state index < -0.39 is 21.2 Å². The molecule has 0 amide bonds. The predicted octanol–water partition coefficient (Wildman–Crippen LogP) is 1.23. The fourth-order valence-electron chi connectivity index (χ4n) is 1.15. The molecule has 18 heavy (non-hydrogen) atoms. The molecule has 3 N–H and O–H groups in total. The molecular formula is C10H13ClN2O4S. The highest BCUT2D eigenvalue weighted by atomic mass is 35.5. The molecule has 1 atom stereocenters. The molecule has 0 aliphatic rings. The second kappa shape index (κ2) is 5.45. The van der Waals surface area contributed by atoms with Crippen LogP contribution in [0.2, 0.25) is 5.02 Å². The molecule has 0 fully saturated rings. The minimum absolute atomic E-state index is 0.229. The number of ether oxygens (including phenoxy) is 1. The number of nitrogens with two attached hydrogens (primary N) is 1. The number of hydrogen-bond donors (Lipinski definition) is 2. The van der Waals surface area contributed by atoms with Gasteiger partial charge in [-0.05, 0) is 25.1 Å². The monoisotopic (exact) mass is 292 g/mol. The molecule has 0 aromatic heterocycles. The molecule has 1 unspecified atom stereocenters. The molecule has 0 saturated carbocycles. The number of anilines is 2. The summed E-state index contributed by atoms with van der Waals surface area (Å²) < 4.78 is 30.2. The van der Waals surface area contributed by atoms with Crippen LogP contribution in [-0.4, -0.2) is 26.7 Å². The Balaban J connectivity index is 2.95. The molecule has 0 heterocycles. The summed E-state index contributed by atoms with van der Waals surface area (Å²) in [5, 5.41) is -1.00. The third-order valence-corrected chi connectivity index (χ3v) is 4.24. The summed E-state index contributed by atoms with van der Waals surface area (Å²) >= 11 is 5.71.